The van der Waals surface area contributed by atoms with Gasteiger partial charge in [0.15, 0.2) is 5.79 Å². The van der Waals surface area contributed by atoms with Crippen molar-refractivity contribution in [1.29, 1.82) is 0 Å². The number of rotatable bonds is 2. The molecule has 0 aromatic carbocycles. The number of hydrogen-bond acceptors (Lipinski definition) is 4. The minimum atomic E-state index is -0.659. The number of nitrogens with zero attached hydrogens (tertiary/aromatic N) is 1. The number of carbonyl (C=O) groups is 1. The van der Waals surface area contributed by atoms with Gasteiger partial charge in [-0.1, -0.05) is 6.42 Å². The zero-order chi connectivity index (χ0) is 13.3. The smallest absolute Gasteiger partial charge is 0.320 e. The van der Waals surface area contributed by atoms with Crippen molar-refractivity contribution >= 4 is 5.97 Å². The minimum Gasteiger partial charge on any atom is -0.480 e. The number of likely N-dealkylation sites (tertiary alicyclic amines) is 1. The monoisotopic (exact) mass is 269 g/mol. The first kappa shape index (κ1) is 13.3. The largest absolute Gasteiger partial charge is 0.480 e. The Labute approximate surface area is 113 Å². The summed E-state index contributed by atoms with van der Waals surface area (Å²) in [4.78, 5) is 13.6. The van der Waals surface area contributed by atoms with Gasteiger partial charge in [0, 0.05) is 18.9 Å². The van der Waals surface area contributed by atoms with Gasteiger partial charge in [-0.15, -0.1) is 0 Å². The van der Waals surface area contributed by atoms with Crippen molar-refractivity contribution in [3.05, 3.63) is 0 Å². The lowest BCUT2D eigenvalue weighted by Gasteiger charge is -2.44. The second-order valence-corrected chi connectivity index (χ2v) is 5.93. The van der Waals surface area contributed by atoms with Crippen LogP contribution >= 0.6 is 0 Å². The first-order valence-electron chi connectivity index (χ1n) is 7.47. The standard InChI is InChI=1S/C14H23NO4/c16-13(17)12-3-1-2-8-15(12)11-4-6-14(7-5-11)18-9-10-19-14/h11-12H,1-10H2,(H,16,17). The van der Waals surface area contributed by atoms with Gasteiger partial charge in [0.25, 0.3) is 0 Å². The molecule has 2 aliphatic heterocycles. The second-order valence-electron chi connectivity index (χ2n) is 5.93. The Morgan fingerprint density at radius 2 is 1.79 bits per heavy atom. The maximum Gasteiger partial charge on any atom is 0.320 e. The van der Waals surface area contributed by atoms with Crippen LogP contribution in [0.2, 0.25) is 0 Å². The highest BCUT2D eigenvalue weighted by atomic mass is 16.7. The van der Waals surface area contributed by atoms with Gasteiger partial charge in [-0.25, -0.2) is 0 Å². The Kier molecular flexibility index (Phi) is 3.78. The lowest BCUT2D eigenvalue weighted by Crippen LogP contribution is -2.52. The normalized spacial score (nSPS) is 32.7. The van der Waals surface area contributed by atoms with E-state index in [1.54, 1.807) is 0 Å². The average Bonchev–Trinajstić information content (AvgIpc) is 2.88. The second kappa shape index (κ2) is 5.38. The molecule has 19 heavy (non-hydrogen) atoms. The molecule has 1 spiro atoms. The van der Waals surface area contributed by atoms with Crippen LogP contribution < -0.4 is 0 Å². The molecule has 3 aliphatic rings. The summed E-state index contributed by atoms with van der Waals surface area (Å²) in [5, 5.41) is 9.35. The molecule has 1 unspecified atom stereocenters. The van der Waals surface area contributed by atoms with Crippen LogP contribution in [0.4, 0.5) is 0 Å². The third-order valence-corrected chi connectivity index (χ3v) is 4.83. The van der Waals surface area contributed by atoms with E-state index in [1.807, 2.05) is 0 Å². The summed E-state index contributed by atoms with van der Waals surface area (Å²) >= 11 is 0. The molecule has 5 nitrogen and oxygen atoms in total. The highest BCUT2D eigenvalue weighted by Gasteiger charge is 2.43. The van der Waals surface area contributed by atoms with Crippen LogP contribution in [0.15, 0.2) is 0 Å². The van der Waals surface area contributed by atoms with E-state index >= 15 is 0 Å². The topological polar surface area (TPSA) is 59.0 Å². The van der Waals surface area contributed by atoms with E-state index in [0.29, 0.717) is 19.3 Å². The third kappa shape index (κ3) is 2.64. The van der Waals surface area contributed by atoms with E-state index in [0.717, 1.165) is 51.5 Å². The number of aliphatic carboxylic acids is 1. The first-order valence-corrected chi connectivity index (χ1v) is 7.47. The van der Waals surface area contributed by atoms with Gasteiger partial charge >= 0.3 is 5.97 Å². The van der Waals surface area contributed by atoms with Crippen LogP contribution in [-0.4, -0.2) is 53.6 Å². The molecular weight excluding hydrogens is 246 g/mol. The molecular formula is C14H23NO4. The van der Waals surface area contributed by atoms with Gasteiger partial charge in [0.2, 0.25) is 0 Å². The maximum absolute atomic E-state index is 11.4. The SMILES string of the molecule is O=C(O)C1CCCCN1C1CCC2(CC1)OCCO2. The van der Waals surface area contributed by atoms with E-state index in [1.165, 1.54) is 0 Å². The highest BCUT2D eigenvalue weighted by molar-refractivity contribution is 5.73. The number of ether oxygens (including phenoxy) is 2. The number of hydrogen-bond donors (Lipinski definition) is 1. The Morgan fingerprint density at radius 1 is 1.11 bits per heavy atom. The summed E-state index contributed by atoms with van der Waals surface area (Å²) in [6.45, 7) is 2.33. The van der Waals surface area contributed by atoms with Crippen LogP contribution in [0.1, 0.15) is 44.9 Å². The van der Waals surface area contributed by atoms with Crippen molar-refractivity contribution in [1.82, 2.24) is 4.90 Å². The molecule has 3 fully saturated rings. The quantitative estimate of drug-likeness (QED) is 0.825. The minimum absolute atomic E-state index is 0.279. The third-order valence-electron chi connectivity index (χ3n) is 4.83. The molecule has 1 atom stereocenters. The van der Waals surface area contributed by atoms with Gasteiger partial charge in [-0.3, -0.25) is 9.69 Å². The molecule has 1 aliphatic carbocycles. The Morgan fingerprint density at radius 3 is 2.42 bits per heavy atom. The van der Waals surface area contributed by atoms with Gasteiger partial charge in [0.1, 0.15) is 6.04 Å². The summed E-state index contributed by atoms with van der Waals surface area (Å²) in [6.07, 6.45) is 6.74. The highest BCUT2D eigenvalue weighted by Crippen LogP contribution is 2.38. The summed E-state index contributed by atoms with van der Waals surface area (Å²) in [5.41, 5.74) is 0. The van der Waals surface area contributed by atoms with Crippen LogP contribution in [-0.2, 0) is 14.3 Å². The van der Waals surface area contributed by atoms with E-state index < -0.39 is 5.97 Å². The zero-order valence-corrected chi connectivity index (χ0v) is 11.3. The van der Waals surface area contributed by atoms with Crippen molar-refractivity contribution in [3.63, 3.8) is 0 Å². The fourth-order valence-electron chi connectivity index (χ4n) is 3.82. The van der Waals surface area contributed by atoms with Crippen LogP contribution in [0, 0.1) is 0 Å². The average molecular weight is 269 g/mol. The van der Waals surface area contributed by atoms with Crippen molar-refractivity contribution in [2.24, 2.45) is 0 Å². The lowest BCUT2D eigenvalue weighted by atomic mass is 9.86. The van der Waals surface area contributed by atoms with E-state index in [4.69, 9.17) is 9.47 Å². The molecule has 1 saturated carbocycles. The number of carboxylic acids is 1. The van der Waals surface area contributed by atoms with E-state index in [-0.39, 0.29) is 11.8 Å². The molecule has 3 rings (SSSR count). The Balaban J connectivity index is 1.61. The first-order chi connectivity index (χ1) is 9.20. The molecule has 0 amide bonds. The van der Waals surface area contributed by atoms with Crippen molar-refractivity contribution in [2.75, 3.05) is 19.8 Å². The molecule has 5 heteroatoms. The molecule has 2 heterocycles. The van der Waals surface area contributed by atoms with Crippen LogP contribution in [0.5, 0.6) is 0 Å². The maximum atomic E-state index is 11.4. The van der Waals surface area contributed by atoms with E-state index in [2.05, 4.69) is 4.90 Å². The van der Waals surface area contributed by atoms with Crippen molar-refractivity contribution in [3.8, 4) is 0 Å². The van der Waals surface area contributed by atoms with Crippen molar-refractivity contribution in [2.45, 2.75) is 62.8 Å². The number of piperidine rings is 1. The molecule has 2 saturated heterocycles. The Bertz CT molecular complexity index is 330. The molecule has 0 aromatic heterocycles. The lowest BCUT2D eigenvalue weighted by molar-refractivity contribution is -0.186. The zero-order valence-electron chi connectivity index (χ0n) is 11.3. The van der Waals surface area contributed by atoms with Gasteiger partial charge in [-0.05, 0) is 32.2 Å². The number of carboxylic acid groups (broad SMARTS) is 1. The van der Waals surface area contributed by atoms with Gasteiger partial charge in [0.05, 0.1) is 13.2 Å². The molecule has 0 radical (unpaired) electrons. The predicted molar refractivity (Wildman–Crippen MR) is 68.9 cm³/mol. The van der Waals surface area contributed by atoms with Crippen molar-refractivity contribution < 1.29 is 19.4 Å². The molecule has 0 bridgehead atoms. The van der Waals surface area contributed by atoms with Gasteiger partial charge < -0.3 is 14.6 Å². The molecule has 1 N–H and O–H groups in total. The van der Waals surface area contributed by atoms with Gasteiger partial charge in [-0.2, -0.15) is 0 Å². The Hall–Kier alpha value is -0.650. The summed E-state index contributed by atoms with van der Waals surface area (Å²) in [7, 11) is 0. The summed E-state index contributed by atoms with van der Waals surface area (Å²) < 4.78 is 11.5. The predicted octanol–water partition coefficient (Wildman–Crippen LogP) is 1.61. The van der Waals surface area contributed by atoms with Crippen LogP contribution in [0.25, 0.3) is 0 Å². The van der Waals surface area contributed by atoms with E-state index in [9.17, 15) is 9.90 Å². The molecule has 108 valence electrons. The fourth-order valence-corrected chi connectivity index (χ4v) is 3.82. The van der Waals surface area contributed by atoms with Crippen LogP contribution in [0.3, 0.4) is 0 Å². The summed E-state index contributed by atoms with van der Waals surface area (Å²) in [6, 6.07) is 0.109. The summed E-state index contributed by atoms with van der Waals surface area (Å²) in [5.74, 6) is -1.00. The fraction of sp³-hybridized carbons (Fsp3) is 0.929. The molecule has 0 aromatic rings.